The molecule has 0 fully saturated rings. The number of benzene rings is 2. The van der Waals surface area contributed by atoms with Gasteiger partial charge in [-0.15, -0.1) is 0 Å². The molecule has 1 N–H and O–H groups in total. The fourth-order valence-corrected chi connectivity index (χ4v) is 1.81. The number of nitro benzene ring substituents is 1. The monoisotopic (exact) mass is 300 g/mol. The average molecular weight is 300 g/mol. The molecule has 5 heteroatoms. The molecule has 2 aromatic carbocycles. The van der Waals surface area contributed by atoms with Crippen LogP contribution in [0.25, 0.3) is 0 Å². The van der Waals surface area contributed by atoms with Crippen LogP contribution in [-0.4, -0.2) is 10.5 Å². The zero-order chi connectivity index (χ0) is 16.2. The second-order valence-electron chi connectivity index (χ2n) is 6.10. The third kappa shape index (κ3) is 4.86. The maximum atomic E-state index is 10.6. The van der Waals surface area contributed by atoms with Crippen LogP contribution in [0.3, 0.4) is 0 Å². The SMILES string of the molecule is CC(C)(C)NCc1ccc(Oc2ccc([N+](=O)[O-])cc2)cc1. The van der Waals surface area contributed by atoms with Gasteiger partial charge in [0.15, 0.2) is 0 Å². The van der Waals surface area contributed by atoms with Crippen LogP contribution in [0.1, 0.15) is 26.3 Å². The zero-order valence-electron chi connectivity index (χ0n) is 13.0. The molecule has 2 rings (SSSR count). The number of ether oxygens (including phenoxy) is 1. The van der Waals surface area contributed by atoms with Gasteiger partial charge in [-0.05, 0) is 50.6 Å². The molecule has 0 radical (unpaired) electrons. The number of nitrogens with zero attached hydrogens (tertiary/aromatic N) is 1. The molecule has 0 heterocycles. The highest BCUT2D eigenvalue weighted by molar-refractivity contribution is 5.39. The summed E-state index contributed by atoms with van der Waals surface area (Å²) >= 11 is 0. The average Bonchev–Trinajstić information content (AvgIpc) is 2.46. The topological polar surface area (TPSA) is 64.4 Å². The zero-order valence-corrected chi connectivity index (χ0v) is 13.0. The third-order valence-corrected chi connectivity index (χ3v) is 3.03. The van der Waals surface area contributed by atoms with Crippen molar-refractivity contribution in [2.75, 3.05) is 0 Å². The molecule has 0 spiro atoms. The van der Waals surface area contributed by atoms with E-state index in [1.807, 2.05) is 24.3 Å². The third-order valence-electron chi connectivity index (χ3n) is 3.03. The molecule has 5 nitrogen and oxygen atoms in total. The molecule has 0 saturated carbocycles. The van der Waals surface area contributed by atoms with E-state index < -0.39 is 4.92 Å². The Hall–Kier alpha value is -2.40. The van der Waals surface area contributed by atoms with Crippen LogP contribution in [0.2, 0.25) is 0 Å². The summed E-state index contributed by atoms with van der Waals surface area (Å²) in [7, 11) is 0. The normalized spacial score (nSPS) is 11.2. The Morgan fingerprint density at radius 3 is 1.95 bits per heavy atom. The van der Waals surface area contributed by atoms with Crippen molar-refractivity contribution in [1.82, 2.24) is 5.32 Å². The van der Waals surface area contributed by atoms with E-state index in [4.69, 9.17) is 4.74 Å². The lowest BCUT2D eigenvalue weighted by Gasteiger charge is -2.20. The summed E-state index contributed by atoms with van der Waals surface area (Å²) in [6.07, 6.45) is 0. The standard InChI is InChI=1S/C17H20N2O3/c1-17(2,3)18-12-13-4-8-15(9-5-13)22-16-10-6-14(7-11-16)19(20)21/h4-11,18H,12H2,1-3H3. The lowest BCUT2D eigenvalue weighted by Crippen LogP contribution is -2.34. The predicted molar refractivity (Wildman–Crippen MR) is 86.2 cm³/mol. The van der Waals surface area contributed by atoms with Crippen LogP contribution in [0, 0.1) is 10.1 Å². The van der Waals surface area contributed by atoms with Crippen molar-refractivity contribution in [3.8, 4) is 11.5 Å². The Kier molecular flexibility index (Phi) is 4.78. The summed E-state index contributed by atoms with van der Waals surface area (Å²) in [5.74, 6) is 1.28. The number of non-ortho nitro benzene ring substituents is 1. The molecule has 22 heavy (non-hydrogen) atoms. The highest BCUT2D eigenvalue weighted by atomic mass is 16.6. The first kappa shape index (κ1) is 16.0. The van der Waals surface area contributed by atoms with Gasteiger partial charge in [-0.3, -0.25) is 10.1 Å². The molecule has 116 valence electrons. The van der Waals surface area contributed by atoms with Crippen LogP contribution < -0.4 is 10.1 Å². The Labute approximate surface area is 130 Å². The summed E-state index contributed by atoms with van der Waals surface area (Å²) in [5.41, 5.74) is 1.30. The van der Waals surface area contributed by atoms with E-state index in [-0.39, 0.29) is 11.2 Å². The highest BCUT2D eigenvalue weighted by Gasteiger charge is 2.08. The van der Waals surface area contributed by atoms with Gasteiger partial charge in [0, 0.05) is 24.2 Å². The highest BCUT2D eigenvalue weighted by Crippen LogP contribution is 2.24. The minimum atomic E-state index is -0.430. The number of hydrogen-bond donors (Lipinski definition) is 1. The molecule has 0 unspecified atom stereocenters. The lowest BCUT2D eigenvalue weighted by atomic mass is 10.1. The van der Waals surface area contributed by atoms with Crippen molar-refractivity contribution < 1.29 is 9.66 Å². The molecule has 0 saturated heterocycles. The molecule has 0 aromatic heterocycles. The van der Waals surface area contributed by atoms with E-state index in [1.54, 1.807) is 12.1 Å². The molecule has 0 aliphatic rings. The van der Waals surface area contributed by atoms with Crippen molar-refractivity contribution in [3.63, 3.8) is 0 Å². The molecular weight excluding hydrogens is 280 g/mol. The van der Waals surface area contributed by atoms with Crippen LogP contribution >= 0.6 is 0 Å². The first-order chi connectivity index (χ1) is 10.3. The number of rotatable bonds is 5. The minimum Gasteiger partial charge on any atom is -0.457 e. The van der Waals surface area contributed by atoms with Gasteiger partial charge >= 0.3 is 0 Å². The predicted octanol–water partition coefficient (Wildman–Crippen LogP) is 4.28. The van der Waals surface area contributed by atoms with E-state index in [1.165, 1.54) is 17.7 Å². The van der Waals surface area contributed by atoms with Crippen molar-refractivity contribution in [2.45, 2.75) is 32.9 Å². The molecule has 0 aliphatic heterocycles. The number of hydrogen-bond acceptors (Lipinski definition) is 4. The van der Waals surface area contributed by atoms with Gasteiger partial charge in [0.05, 0.1) is 4.92 Å². The van der Waals surface area contributed by atoms with Crippen LogP contribution in [0.15, 0.2) is 48.5 Å². The minimum absolute atomic E-state index is 0.0518. The Balaban J connectivity index is 1.97. The fourth-order valence-electron chi connectivity index (χ4n) is 1.81. The van der Waals surface area contributed by atoms with Gasteiger partial charge in [-0.1, -0.05) is 12.1 Å². The largest absolute Gasteiger partial charge is 0.457 e. The van der Waals surface area contributed by atoms with E-state index in [2.05, 4.69) is 26.1 Å². The summed E-state index contributed by atoms with van der Waals surface area (Å²) in [6.45, 7) is 7.17. The van der Waals surface area contributed by atoms with Crippen LogP contribution in [0.4, 0.5) is 5.69 Å². The van der Waals surface area contributed by atoms with E-state index in [0.717, 1.165) is 6.54 Å². The molecule has 0 bridgehead atoms. The second kappa shape index (κ2) is 6.58. The quantitative estimate of drug-likeness (QED) is 0.661. The number of nitrogens with one attached hydrogen (secondary N) is 1. The Morgan fingerprint density at radius 2 is 1.50 bits per heavy atom. The van der Waals surface area contributed by atoms with E-state index in [0.29, 0.717) is 11.5 Å². The molecular formula is C17H20N2O3. The number of nitro groups is 1. The summed E-state index contributed by atoms with van der Waals surface area (Å²) in [5, 5.41) is 14.0. The Morgan fingerprint density at radius 1 is 1.00 bits per heavy atom. The van der Waals surface area contributed by atoms with E-state index in [9.17, 15) is 10.1 Å². The summed E-state index contributed by atoms with van der Waals surface area (Å²) < 4.78 is 5.67. The summed E-state index contributed by atoms with van der Waals surface area (Å²) in [4.78, 5) is 10.2. The molecule has 0 atom stereocenters. The fraction of sp³-hybridized carbons (Fsp3) is 0.294. The van der Waals surface area contributed by atoms with Crippen molar-refractivity contribution in [1.29, 1.82) is 0 Å². The van der Waals surface area contributed by atoms with Crippen molar-refractivity contribution in [2.24, 2.45) is 0 Å². The maximum absolute atomic E-state index is 10.6. The summed E-state index contributed by atoms with van der Waals surface area (Å²) in [6, 6.07) is 13.8. The van der Waals surface area contributed by atoms with Gasteiger partial charge in [0.2, 0.25) is 0 Å². The second-order valence-corrected chi connectivity index (χ2v) is 6.10. The van der Waals surface area contributed by atoms with Gasteiger partial charge in [-0.25, -0.2) is 0 Å². The molecule has 0 amide bonds. The van der Waals surface area contributed by atoms with Crippen LogP contribution in [-0.2, 0) is 6.54 Å². The van der Waals surface area contributed by atoms with Crippen LogP contribution in [0.5, 0.6) is 11.5 Å². The van der Waals surface area contributed by atoms with Crippen molar-refractivity contribution >= 4 is 5.69 Å². The molecule has 2 aromatic rings. The van der Waals surface area contributed by atoms with E-state index >= 15 is 0 Å². The molecule has 0 aliphatic carbocycles. The van der Waals surface area contributed by atoms with Crippen molar-refractivity contribution in [3.05, 3.63) is 64.2 Å². The van der Waals surface area contributed by atoms with Gasteiger partial charge < -0.3 is 10.1 Å². The maximum Gasteiger partial charge on any atom is 0.269 e. The van der Waals surface area contributed by atoms with Gasteiger partial charge in [0.25, 0.3) is 5.69 Å². The lowest BCUT2D eigenvalue weighted by molar-refractivity contribution is -0.384. The van der Waals surface area contributed by atoms with Gasteiger partial charge in [0.1, 0.15) is 11.5 Å². The Bertz CT molecular complexity index is 628. The smallest absolute Gasteiger partial charge is 0.269 e. The first-order valence-corrected chi connectivity index (χ1v) is 7.10. The first-order valence-electron chi connectivity index (χ1n) is 7.10. The van der Waals surface area contributed by atoms with Gasteiger partial charge in [-0.2, -0.15) is 0 Å².